The summed E-state index contributed by atoms with van der Waals surface area (Å²) in [6.45, 7) is 1.60. The summed E-state index contributed by atoms with van der Waals surface area (Å²) in [7, 11) is 8.97. The molecule has 5 nitrogen and oxygen atoms in total. The molecule has 20 heavy (non-hydrogen) atoms. The molecule has 0 heterocycles. The average molecular weight is 282 g/mol. The van der Waals surface area contributed by atoms with E-state index in [-0.39, 0.29) is 0 Å². The third kappa shape index (κ3) is 4.28. The zero-order valence-electron chi connectivity index (χ0n) is 13.1. The first-order valence-electron chi connectivity index (χ1n) is 6.69. The van der Waals surface area contributed by atoms with E-state index in [0.29, 0.717) is 29.7 Å². The van der Waals surface area contributed by atoms with Crippen LogP contribution in [0.3, 0.4) is 0 Å². The van der Waals surface area contributed by atoms with Crippen molar-refractivity contribution in [3.63, 3.8) is 0 Å². The highest BCUT2D eigenvalue weighted by Gasteiger charge is 2.16. The van der Waals surface area contributed by atoms with Gasteiger partial charge in [0, 0.05) is 6.54 Å². The van der Waals surface area contributed by atoms with Crippen LogP contribution in [0.1, 0.15) is 5.56 Å². The van der Waals surface area contributed by atoms with Crippen molar-refractivity contribution in [3.05, 3.63) is 17.7 Å². The fourth-order valence-corrected chi connectivity index (χ4v) is 2.33. The van der Waals surface area contributed by atoms with E-state index in [0.717, 1.165) is 18.5 Å². The lowest BCUT2D eigenvalue weighted by Crippen LogP contribution is -2.29. The van der Waals surface area contributed by atoms with E-state index in [1.807, 2.05) is 12.1 Å². The Morgan fingerprint density at radius 3 is 1.95 bits per heavy atom. The van der Waals surface area contributed by atoms with Crippen LogP contribution in [-0.4, -0.2) is 53.4 Å². The van der Waals surface area contributed by atoms with Gasteiger partial charge in [-0.1, -0.05) is 0 Å². The largest absolute Gasteiger partial charge is 0.493 e. The molecule has 1 rings (SSSR count). The van der Waals surface area contributed by atoms with Crippen LogP contribution in [0.4, 0.5) is 0 Å². The zero-order chi connectivity index (χ0) is 15.1. The first kappa shape index (κ1) is 16.6. The van der Waals surface area contributed by atoms with Crippen molar-refractivity contribution >= 4 is 0 Å². The lowest BCUT2D eigenvalue weighted by molar-refractivity contribution is 0.318. The molecule has 0 bridgehead atoms. The van der Waals surface area contributed by atoms with Crippen LogP contribution in [0.25, 0.3) is 0 Å². The normalized spacial score (nSPS) is 12.3. The van der Waals surface area contributed by atoms with E-state index in [9.17, 15) is 0 Å². The van der Waals surface area contributed by atoms with E-state index < -0.39 is 0 Å². The fraction of sp³-hybridized carbons (Fsp3) is 0.600. The highest BCUT2D eigenvalue weighted by atomic mass is 16.5. The molecular weight excluding hydrogens is 256 g/mol. The van der Waals surface area contributed by atoms with Crippen molar-refractivity contribution in [2.45, 2.75) is 6.42 Å². The highest BCUT2D eigenvalue weighted by molar-refractivity contribution is 5.53. The third-order valence-corrected chi connectivity index (χ3v) is 3.21. The summed E-state index contributed by atoms with van der Waals surface area (Å²) in [5, 5.41) is 0. The number of hydrogen-bond donors (Lipinski definition) is 1. The van der Waals surface area contributed by atoms with Gasteiger partial charge in [-0.15, -0.1) is 0 Å². The van der Waals surface area contributed by atoms with Crippen LogP contribution in [0.5, 0.6) is 17.2 Å². The van der Waals surface area contributed by atoms with Crippen molar-refractivity contribution in [1.29, 1.82) is 0 Å². The summed E-state index contributed by atoms with van der Waals surface area (Å²) < 4.78 is 16.1. The summed E-state index contributed by atoms with van der Waals surface area (Å²) >= 11 is 0. The lowest BCUT2D eigenvalue weighted by atomic mass is 9.98. The third-order valence-electron chi connectivity index (χ3n) is 3.21. The predicted octanol–water partition coefficient (Wildman–Crippen LogP) is 1.39. The molecule has 0 spiro atoms. The monoisotopic (exact) mass is 282 g/mol. The van der Waals surface area contributed by atoms with Crippen molar-refractivity contribution in [2.24, 2.45) is 11.7 Å². The van der Waals surface area contributed by atoms with Crippen LogP contribution in [0, 0.1) is 5.92 Å². The molecule has 1 aromatic rings. The van der Waals surface area contributed by atoms with E-state index in [2.05, 4.69) is 19.0 Å². The molecule has 1 atom stereocenters. The minimum atomic E-state index is 0.396. The molecular formula is C15H26N2O3. The van der Waals surface area contributed by atoms with Gasteiger partial charge in [-0.2, -0.15) is 0 Å². The van der Waals surface area contributed by atoms with Crippen molar-refractivity contribution in [1.82, 2.24) is 4.90 Å². The maximum Gasteiger partial charge on any atom is 0.203 e. The number of ether oxygens (including phenoxy) is 3. The summed E-state index contributed by atoms with van der Waals surface area (Å²) in [6, 6.07) is 3.97. The molecule has 0 aromatic heterocycles. The molecule has 114 valence electrons. The quantitative estimate of drug-likeness (QED) is 0.781. The van der Waals surface area contributed by atoms with Crippen LogP contribution in [0.15, 0.2) is 12.1 Å². The molecule has 0 radical (unpaired) electrons. The Balaban J connectivity index is 3.00. The molecule has 0 aliphatic heterocycles. The van der Waals surface area contributed by atoms with E-state index in [4.69, 9.17) is 19.9 Å². The Morgan fingerprint density at radius 2 is 1.60 bits per heavy atom. The number of nitrogens with two attached hydrogens (primary N) is 1. The molecule has 1 aromatic carbocycles. The molecule has 0 amide bonds. The second kappa shape index (κ2) is 7.97. The topological polar surface area (TPSA) is 57.0 Å². The fourth-order valence-electron chi connectivity index (χ4n) is 2.33. The van der Waals surface area contributed by atoms with E-state index >= 15 is 0 Å². The number of rotatable bonds is 8. The average Bonchev–Trinajstić information content (AvgIpc) is 2.44. The maximum atomic E-state index is 5.85. The standard InChI is InChI=1S/C15H26N2O3/c1-17(2)10-12(9-16)6-11-7-13(18-3)15(20-5)14(8-11)19-4/h7-8,12H,6,9-10,16H2,1-5H3. The van der Waals surface area contributed by atoms with Gasteiger partial charge in [0.15, 0.2) is 11.5 Å². The van der Waals surface area contributed by atoms with Gasteiger partial charge in [-0.05, 0) is 50.7 Å². The van der Waals surface area contributed by atoms with E-state index in [1.165, 1.54) is 0 Å². The van der Waals surface area contributed by atoms with Crippen molar-refractivity contribution in [2.75, 3.05) is 48.5 Å². The van der Waals surface area contributed by atoms with Crippen molar-refractivity contribution < 1.29 is 14.2 Å². The zero-order valence-corrected chi connectivity index (χ0v) is 13.1. The second-order valence-electron chi connectivity index (χ2n) is 5.10. The number of nitrogens with zero attached hydrogens (tertiary/aromatic N) is 1. The molecule has 0 aliphatic carbocycles. The second-order valence-corrected chi connectivity index (χ2v) is 5.10. The van der Waals surface area contributed by atoms with Gasteiger partial charge >= 0.3 is 0 Å². The minimum Gasteiger partial charge on any atom is -0.493 e. The molecule has 0 aliphatic rings. The van der Waals surface area contributed by atoms with Gasteiger partial charge in [0.25, 0.3) is 0 Å². The van der Waals surface area contributed by atoms with Crippen LogP contribution >= 0.6 is 0 Å². The summed E-state index contributed by atoms with van der Waals surface area (Å²) in [5.41, 5.74) is 6.99. The number of hydrogen-bond acceptors (Lipinski definition) is 5. The van der Waals surface area contributed by atoms with Crippen LogP contribution in [0.2, 0.25) is 0 Å². The SMILES string of the molecule is COc1cc(CC(CN)CN(C)C)cc(OC)c1OC. The Morgan fingerprint density at radius 1 is 1.05 bits per heavy atom. The molecule has 0 fully saturated rings. The summed E-state index contributed by atoms with van der Waals surface area (Å²) in [4.78, 5) is 2.15. The van der Waals surface area contributed by atoms with Crippen LogP contribution in [-0.2, 0) is 6.42 Å². The Bertz CT molecular complexity index is 397. The number of benzene rings is 1. The van der Waals surface area contributed by atoms with Gasteiger partial charge in [-0.3, -0.25) is 0 Å². The smallest absolute Gasteiger partial charge is 0.203 e. The molecule has 2 N–H and O–H groups in total. The lowest BCUT2D eigenvalue weighted by Gasteiger charge is -2.20. The maximum absolute atomic E-state index is 5.85. The molecule has 1 unspecified atom stereocenters. The Kier molecular flexibility index (Phi) is 6.61. The first-order chi connectivity index (χ1) is 9.55. The van der Waals surface area contributed by atoms with Gasteiger partial charge in [0.1, 0.15) is 0 Å². The van der Waals surface area contributed by atoms with Crippen LogP contribution < -0.4 is 19.9 Å². The summed E-state index contributed by atoms with van der Waals surface area (Å²) in [5.74, 6) is 2.38. The molecule has 0 saturated heterocycles. The van der Waals surface area contributed by atoms with Gasteiger partial charge in [0.05, 0.1) is 21.3 Å². The van der Waals surface area contributed by atoms with Gasteiger partial charge < -0.3 is 24.8 Å². The molecule has 0 saturated carbocycles. The van der Waals surface area contributed by atoms with E-state index in [1.54, 1.807) is 21.3 Å². The summed E-state index contributed by atoms with van der Waals surface area (Å²) in [6.07, 6.45) is 0.880. The number of methoxy groups -OCH3 is 3. The minimum absolute atomic E-state index is 0.396. The van der Waals surface area contributed by atoms with Gasteiger partial charge in [0.2, 0.25) is 5.75 Å². The van der Waals surface area contributed by atoms with Crippen molar-refractivity contribution in [3.8, 4) is 17.2 Å². The Hall–Kier alpha value is -1.46. The molecule has 5 heteroatoms. The van der Waals surface area contributed by atoms with Gasteiger partial charge in [-0.25, -0.2) is 0 Å². The predicted molar refractivity (Wildman–Crippen MR) is 80.9 cm³/mol. The first-order valence-corrected chi connectivity index (χ1v) is 6.69. The highest BCUT2D eigenvalue weighted by Crippen LogP contribution is 2.38. The Labute approximate surface area is 121 Å².